The lowest BCUT2D eigenvalue weighted by atomic mass is 10.2. The van der Waals surface area contributed by atoms with Crippen molar-refractivity contribution in [3.05, 3.63) is 57.6 Å². The minimum absolute atomic E-state index is 0.107. The molecule has 0 saturated carbocycles. The molecule has 2 aromatic carbocycles. The van der Waals surface area contributed by atoms with Crippen molar-refractivity contribution >= 4 is 34.8 Å². The van der Waals surface area contributed by atoms with Crippen LogP contribution in [-0.2, 0) is 4.79 Å². The van der Waals surface area contributed by atoms with E-state index in [9.17, 15) is 4.79 Å². The summed E-state index contributed by atoms with van der Waals surface area (Å²) in [5.74, 6) is 0.331. The summed E-state index contributed by atoms with van der Waals surface area (Å²) in [4.78, 5) is 11.9. The van der Waals surface area contributed by atoms with Gasteiger partial charge in [-0.3, -0.25) is 4.79 Å². The number of hydrogen-bond donors (Lipinski definition) is 1. The van der Waals surface area contributed by atoms with Crippen LogP contribution >= 0.6 is 23.2 Å². The highest BCUT2D eigenvalue weighted by atomic mass is 35.5. The maximum absolute atomic E-state index is 11.9. The lowest BCUT2D eigenvalue weighted by Gasteiger charge is -2.12. The van der Waals surface area contributed by atoms with Crippen molar-refractivity contribution in [2.75, 3.05) is 11.9 Å². The number of aryl methyl sites for hydroxylation is 2. The van der Waals surface area contributed by atoms with Crippen molar-refractivity contribution in [3.8, 4) is 5.75 Å². The average Bonchev–Trinajstić information content (AvgIpc) is 2.46. The van der Waals surface area contributed by atoms with Crippen LogP contribution in [0.2, 0.25) is 10.0 Å². The highest BCUT2D eigenvalue weighted by molar-refractivity contribution is 6.40. The van der Waals surface area contributed by atoms with E-state index >= 15 is 0 Å². The van der Waals surface area contributed by atoms with Crippen molar-refractivity contribution in [1.82, 2.24) is 0 Å². The Morgan fingerprint density at radius 2 is 1.95 bits per heavy atom. The van der Waals surface area contributed by atoms with Gasteiger partial charge in [-0.15, -0.1) is 0 Å². The van der Waals surface area contributed by atoms with Gasteiger partial charge in [0.1, 0.15) is 5.75 Å². The molecule has 0 radical (unpaired) electrons. The molecule has 0 spiro atoms. The van der Waals surface area contributed by atoms with Crippen LogP contribution in [0, 0.1) is 13.8 Å². The van der Waals surface area contributed by atoms with Gasteiger partial charge in [0.05, 0.1) is 15.7 Å². The Labute approximate surface area is 133 Å². The number of hydrogen-bond acceptors (Lipinski definition) is 2. The van der Waals surface area contributed by atoms with Gasteiger partial charge in [0.25, 0.3) is 5.91 Å². The molecule has 0 bridgehead atoms. The topological polar surface area (TPSA) is 38.3 Å². The number of ether oxygens (including phenoxy) is 1. The molecule has 1 N–H and O–H groups in total. The molecule has 0 aliphatic carbocycles. The molecule has 0 unspecified atom stereocenters. The van der Waals surface area contributed by atoms with E-state index in [-0.39, 0.29) is 12.5 Å². The van der Waals surface area contributed by atoms with Crippen LogP contribution < -0.4 is 10.1 Å². The van der Waals surface area contributed by atoms with Crippen LogP contribution in [-0.4, -0.2) is 12.5 Å². The molecule has 0 saturated heterocycles. The molecule has 0 aliphatic rings. The molecule has 21 heavy (non-hydrogen) atoms. The van der Waals surface area contributed by atoms with Crippen molar-refractivity contribution in [2.45, 2.75) is 13.8 Å². The first-order valence-electron chi connectivity index (χ1n) is 6.41. The van der Waals surface area contributed by atoms with Gasteiger partial charge in [-0.25, -0.2) is 0 Å². The minimum Gasteiger partial charge on any atom is -0.484 e. The molecule has 2 rings (SSSR count). The molecule has 0 aromatic heterocycles. The number of rotatable bonds is 4. The molecule has 110 valence electrons. The molecule has 0 heterocycles. The molecule has 5 heteroatoms. The number of carbonyl (C=O) groups excluding carboxylic acids is 1. The zero-order valence-corrected chi connectivity index (χ0v) is 13.3. The fourth-order valence-corrected chi connectivity index (χ4v) is 2.27. The molecule has 0 fully saturated rings. The Hall–Kier alpha value is -1.71. The first kappa shape index (κ1) is 15.7. The van der Waals surface area contributed by atoms with Crippen LogP contribution in [0.4, 0.5) is 5.69 Å². The van der Waals surface area contributed by atoms with E-state index in [0.29, 0.717) is 21.5 Å². The van der Waals surface area contributed by atoms with Gasteiger partial charge in [-0.1, -0.05) is 41.4 Å². The fourth-order valence-electron chi connectivity index (χ4n) is 1.80. The Morgan fingerprint density at radius 1 is 1.19 bits per heavy atom. The Kier molecular flexibility index (Phi) is 5.10. The van der Waals surface area contributed by atoms with Gasteiger partial charge in [-0.2, -0.15) is 0 Å². The molecule has 0 aliphatic heterocycles. The monoisotopic (exact) mass is 323 g/mol. The predicted octanol–water partition coefficient (Wildman–Crippen LogP) is 4.63. The largest absolute Gasteiger partial charge is 0.484 e. The maximum Gasteiger partial charge on any atom is 0.262 e. The average molecular weight is 324 g/mol. The molecular formula is C16H15Cl2NO2. The van der Waals surface area contributed by atoms with Crippen molar-refractivity contribution in [2.24, 2.45) is 0 Å². The standard InChI is InChI=1S/C16H15Cl2NO2/c1-10-4-3-5-12(8-10)21-9-14(20)19-16-13(17)7-6-11(2)15(16)18/h3-8H,9H2,1-2H3,(H,19,20). The number of anilines is 1. The van der Waals surface area contributed by atoms with E-state index in [4.69, 9.17) is 27.9 Å². The number of nitrogens with one attached hydrogen (secondary N) is 1. The van der Waals surface area contributed by atoms with Crippen LogP contribution in [0.5, 0.6) is 5.75 Å². The Morgan fingerprint density at radius 3 is 2.67 bits per heavy atom. The summed E-state index contributed by atoms with van der Waals surface area (Å²) in [6.07, 6.45) is 0. The van der Waals surface area contributed by atoms with E-state index in [2.05, 4.69) is 5.32 Å². The fraction of sp³-hybridized carbons (Fsp3) is 0.188. The van der Waals surface area contributed by atoms with E-state index in [1.165, 1.54) is 0 Å². The lowest BCUT2D eigenvalue weighted by Crippen LogP contribution is -2.20. The summed E-state index contributed by atoms with van der Waals surface area (Å²) in [5, 5.41) is 3.51. The SMILES string of the molecule is Cc1cccc(OCC(=O)Nc2c(Cl)ccc(C)c2Cl)c1. The third kappa shape index (κ3) is 4.13. The van der Waals surface area contributed by atoms with Crippen molar-refractivity contribution in [3.63, 3.8) is 0 Å². The van der Waals surface area contributed by atoms with E-state index < -0.39 is 0 Å². The minimum atomic E-state index is -0.314. The van der Waals surface area contributed by atoms with E-state index in [1.54, 1.807) is 18.2 Å². The Balaban J connectivity index is 2.01. The van der Waals surface area contributed by atoms with Gasteiger partial charge >= 0.3 is 0 Å². The lowest BCUT2D eigenvalue weighted by molar-refractivity contribution is -0.118. The van der Waals surface area contributed by atoms with E-state index in [0.717, 1.165) is 11.1 Å². The zero-order chi connectivity index (χ0) is 15.4. The number of amides is 1. The van der Waals surface area contributed by atoms with Crippen molar-refractivity contribution < 1.29 is 9.53 Å². The second-order valence-electron chi connectivity index (χ2n) is 4.71. The van der Waals surface area contributed by atoms with Crippen LogP contribution in [0.15, 0.2) is 36.4 Å². The maximum atomic E-state index is 11.9. The third-order valence-electron chi connectivity index (χ3n) is 2.91. The van der Waals surface area contributed by atoms with Crippen LogP contribution in [0.25, 0.3) is 0 Å². The third-order valence-corrected chi connectivity index (χ3v) is 3.71. The zero-order valence-electron chi connectivity index (χ0n) is 11.7. The molecule has 0 atom stereocenters. The van der Waals surface area contributed by atoms with Gasteiger partial charge in [-0.05, 0) is 43.2 Å². The predicted molar refractivity (Wildman–Crippen MR) is 86.5 cm³/mol. The summed E-state index contributed by atoms with van der Waals surface area (Å²) in [7, 11) is 0. The van der Waals surface area contributed by atoms with Gasteiger partial charge < -0.3 is 10.1 Å². The first-order chi connectivity index (χ1) is 9.97. The normalized spacial score (nSPS) is 10.3. The van der Waals surface area contributed by atoms with E-state index in [1.807, 2.05) is 32.0 Å². The quantitative estimate of drug-likeness (QED) is 0.890. The van der Waals surface area contributed by atoms with Gasteiger partial charge in [0, 0.05) is 0 Å². The number of carbonyl (C=O) groups is 1. The summed E-state index contributed by atoms with van der Waals surface area (Å²) in [6.45, 7) is 3.70. The summed E-state index contributed by atoms with van der Waals surface area (Å²) in [6, 6.07) is 11.0. The highest BCUT2D eigenvalue weighted by Gasteiger charge is 2.12. The summed E-state index contributed by atoms with van der Waals surface area (Å²) < 4.78 is 5.43. The molecule has 1 amide bonds. The highest BCUT2D eigenvalue weighted by Crippen LogP contribution is 2.32. The second kappa shape index (κ2) is 6.83. The summed E-state index contributed by atoms with van der Waals surface area (Å²) >= 11 is 12.2. The number of halogens is 2. The van der Waals surface area contributed by atoms with Crippen LogP contribution in [0.1, 0.15) is 11.1 Å². The van der Waals surface area contributed by atoms with Gasteiger partial charge in [0.2, 0.25) is 0 Å². The molecule has 2 aromatic rings. The summed E-state index contributed by atoms with van der Waals surface area (Å²) in [5.41, 5.74) is 2.32. The number of benzene rings is 2. The first-order valence-corrected chi connectivity index (χ1v) is 7.17. The molecular weight excluding hydrogens is 309 g/mol. The molecule has 3 nitrogen and oxygen atoms in total. The Bertz CT molecular complexity index is 671. The second-order valence-corrected chi connectivity index (χ2v) is 5.49. The smallest absolute Gasteiger partial charge is 0.262 e. The van der Waals surface area contributed by atoms with Crippen molar-refractivity contribution in [1.29, 1.82) is 0 Å². The van der Waals surface area contributed by atoms with Gasteiger partial charge in [0.15, 0.2) is 6.61 Å². The van der Waals surface area contributed by atoms with Crippen LogP contribution in [0.3, 0.4) is 0 Å².